The van der Waals surface area contributed by atoms with Gasteiger partial charge in [-0.15, -0.1) is 0 Å². The van der Waals surface area contributed by atoms with Gasteiger partial charge in [0.1, 0.15) is 5.52 Å². The Morgan fingerprint density at radius 2 is 2.00 bits per heavy atom. The van der Waals surface area contributed by atoms with Crippen molar-refractivity contribution in [3.05, 3.63) is 46.5 Å². The van der Waals surface area contributed by atoms with Crippen molar-refractivity contribution in [2.45, 2.75) is 33.2 Å². The monoisotopic (exact) mass is 323 g/mol. The number of anilines is 2. The highest BCUT2D eigenvalue weighted by Gasteiger charge is 2.21. The van der Waals surface area contributed by atoms with E-state index >= 15 is 0 Å². The Morgan fingerprint density at radius 3 is 2.67 bits per heavy atom. The van der Waals surface area contributed by atoms with E-state index in [9.17, 15) is 4.79 Å². The van der Waals surface area contributed by atoms with Gasteiger partial charge in [-0.2, -0.15) is 0 Å². The van der Waals surface area contributed by atoms with E-state index in [1.165, 1.54) is 0 Å². The molecule has 6 nitrogen and oxygen atoms in total. The van der Waals surface area contributed by atoms with Gasteiger partial charge in [-0.25, -0.2) is 9.78 Å². The van der Waals surface area contributed by atoms with Gasteiger partial charge in [0.25, 0.3) is 0 Å². The van der Waals surface area contributed by atoms with Gasteiger partial charge in [-0.3, -0.25) is 9.56 Å². The summed E-state index contributed by atoms with van der Waals surface area (Å²) in [6, 6.07) is 7.66. The number of benzene rings is 1. The molecule has 0 saturated heterocycles. The Hall–Kier alpha value is -2.89. The number of aliphatic imine (C=N–C) groups is 1. The third-order valence-electron chi connectivity index (χ3n) is 3.92. The van der Waals surface area contributed by atoms with Gasteiger partial charge in [0.2, 0.25) is 0 Å². The quantitative estimate of drug-likeness (QED) is 0.719. The average molecular weight is 323 g/mol. The van der Waals surface area contributed by atoms with Crippen LogP contribution in [0.25, 0.3) is 11.2 Å². The van der Waals surface area contributed by atoms with Crippen LogP contribution >= 0.6 is 0 Å². The van der Waals surface area contributed by atoms with Crippen molar-refractivity contribution in [1.29, 1.82) is 0 Å². The second-order valence-corrected chi connectivity index (χ2v) is 6.78. The van der Waals surface area contributed by atoms with Gasteiger partial charge in [-0.05, 0) is 58.2 Å². The summed E-state index contributed by atoms with van der Waals surface area (Å²) in [5, 5.41) is 3.37. The molecule has 24 heavy (non-hydrogen) atoms. The zero-order valence-corrected chi connectivity index (χ0v) is 14.3. The number of imidazole rings is 1. The van der Waals surface area contributed by atoms with E-state index in [1.54, 1.807) is 10.8 Å². The van der Waals surface area contributed by atoms with Gasteiger partial charge < -0.3 is 10.3 Å². The predicted octanol–water partition coefficient (Wildman–Crippen LogP) is 3.86. The minimum atomic E-state index is -0.358. The number of aromatic nitrogens is 3. The van der Waals surface area contributed by atoms with Crippen LogP contribution in [0.2, 0.25) is 0 Å². The third kappa shape index (κ3) is 2.71. The summed E-state index contributed by atoms with van der Waals surface area (Å²) in [4.78, 5) is 23.6. The van der Waals surface area contributed by atoms with Crippen molar-refractivity contribution in [3.63, 3.8) is 0 Å². The zero-order valence-electron chi connectivity index (χ0n) is 14.3. The first kappa shape index (κ1) is 16.0. The molecule has 0 aliphatic carbocycles. The fraction of sp³-hybridized carbons (Fsp3) is 0.278. The second-order valence-electron chi connectivity index (χ2n) is 6.78. The first-order chi connectivity index (χ1) is 11.3. The maximum atomic E-state index is 12.4. The van der Waals surface area contributed by atoms with Crippen LogP contribution in [0.4, 0.5) is 17.1 Å². The molecule has 0 aliphatic heterocycles. The number of pyridine rings is 1. The molecule has 124 valence electrons. The van der Waals surface area contributed by atoms with Crippen molar-refractivity contribution in [2.24, 2.45) is 4.99 Å². The molecule has 0 spiro atoms. The first-order valence-corrected chi connectivity index (χ1v) is 7.76. The molecule has 2 heterocycles. The van der Waals surface area contributed by atoms with E-state index in [-0.39, 0.29) is 11.2 Å². The number of aromatic amines is 1. The van der Waals surface area contributed by atoms with Crippen molar-refractivity contribution >= 4 is 34.9 Å². The van der Waals surface area contributed by atoms with Crippen LogP contribution in [0, 0.1) is 6.92 Å². The van der Waals surface area contributed by atoms with E-state index in [0.29, 0.717) is 11.2 Å². The molecular weight excluding hydrogens is 302 g/mol. The molecule has 2 N–H and O–H groups in total. The summed E-state index contributed by atoms with van der Waals surface area (Å²) in [6.07, 6.45) is 1.70. The third-order valence-corrected chi connectivity index (χ3v) is 3.92. The summed E-state index contributed by atoms with van der Waals surface area (Å²) < 4.78 is 1.67. The zero-order chi connectivity index (χ0) is 17.5. The molecule has 0 fully saturated rings. The van der Waals surface area contributed by atoms with Crippen LogP contribution in [-0.4, -0.2) is 21.3 Å². The van der Waals surface area contributed by atoms with Crippen molar-refractivity contribution < 1.29 is 0 Å². The minimum Gasteiger partial charge on any atom is -0.353 e. The molecule has 0 saturated carbocycles. The Labute approximate surface area is 140 Å². The molecule has 0 amide bonds. The van der Waals surface area contributed by atoms with Crippen molar-refractivity contribution in [3.8, 4) is 0 Å². The number of nitrogens with one attached hydrogen (secondary N) is 2. The lowest BCUT2D eigenvalue weighted by Gasteiger charge is -2.20. The van der Waals surface area contributed by atoms with E-state index < -0.39 is 0 Å². The fourth-order valence-corrected chi connectivity index (χ4v) is 2.72. The minimum absolute atomic E-state index is 0.169. The standard InChI is InChI=1S/C18H21N5O/c1-11-6-7-12(19-5)10-14(11)21-13-8-9-20-16-15(13)22-17(24)23(16)18(2,3)4/h6-10H,5H2,1-4H3,(H,20,21)(H,22,24). The van der Waals surface area contributed by atoms with E-state index in [4.69, 9.17) is 0 Å². The molecule has 1 aromatic carbocycles. The van der Waals surface area contributed by atoms with Gasteiger partial charge in [-0.1, -0.05) is 6.07 Å². The number of hydrogen-bond acceptors (Lipinski definition) is 4. The predicted molar refractivity (Wildman–Crippen MR) is 99.0 cm³/mol. The number of fused-ring (bicyclic) bond motifs is 1. The topological polar surface area (TPSA) is 75.1 Å². The van der Waals surface area contributed by atoms with E-state index in [2.05, 4.69) is 27.0 Å². The molecule has 0 radical (unpaired) electrons. The summed E-state index contributed by atoms with van der Waals surface area (Å²) >= 11 is 0. The van der Waals surface area contributed by atoms with E-state index in [0.717, 1.165) is 22.6 Å². The normalized spacial score (nSPS) is 11.7. The van der Waals surface area contributed by atoms with Crippen LogP contribution in [-0.2, 0) is 5.54 Å². The second kappa shape index (κ2) is 5.63. The highest BCUT2D eigenvalue weighted by atomic mass is 16.1. The van der Waals surface area contributed by atoms with Crippen LogP contribution in [0.1, 0.15) is 26.3 Å². The Kier molecular flexibility index (Phi) is 3.75. The molecule has 6 heteroatoms. The summed E-state index contributed by atoms with van der Waals surface area (Å²) in [5.41, 5.74) is 4.36. The lowest BCUT2D eigenvalue weighted by Crippen LogP contribution is -2.32. The molecule has 0 unspecified atom stereocenters. The Morgan fingerprint density at radius 1 is 1.25 bits per heavy atom. The Bertz CT molecular complexity index is 975. The SMILES string of the molecule is C=Nc1ccc(C)c(Nc2ccnc3c2[nH]c(=O)n3C(C)(C)C)c1. The maximum Gasteiger partial charge on any atom is 0.328 e. The molecular formula is C18H21N5O. The molecule has 3 aromatic rings. The number of aryl methyl sites for hydroxylation is 1. The molecule has 0 bridgehead atoms. The van der Waals surface area contributed by atoms with Crippen molar-refractivity contribution in [1.82, 2.24) is 14.5 Å². The van der Waals surface area contributed by atoms with Crippen molar-refractivity contribution in [2.75, 3.05) is 5.32 Å². The van der Waals surface area contributed by atoms with Crippen LogP contribution in [0.5, 0.6) is 0 Å². The highest BCUT2D eigenvalue weighted by molar-refractivity contribution is 5.88. The molecule has 0 aliphatic rings. The van der Waals surface area contributed by atoms with Gasteiger partial charge in [0.05, 0.1) is 11.4 Å². The summed E-state index contributed by atoms with van der Waals surface area (Å²) in [5.74, 6) is 0. The summed E-state index contributed by atoms with van der Waals surface area (Å²) in [7, 11) is 0. The fourth-order valence-electron chi connectivity index (χ4n) is 2.72. The number of rotatable bonds is 3. The number of hydrogen-bond donors (Lipinski definition) is 2. The number of H-pyrrole nitrogens is 1. The lowest BCUT2D eigenvalue weighted by molar-refractivity contribution is 0.395. The van der Waals surface area contributed by atoms with Gasteiger partial charge >= 0.3 is 5.69 Å². The van der Waals surface area contributed by atoms with Gasteiger partial charge in [0.15, 0.2) is 5.65 Å². The first-order valence-electron chi connectivity index (χ1n) is 7.76. The van der Waals surface area contributed by atoms with E-state index in [1.807, 2.05) is 52.0 Å². The lowest BCUT2D eigenvalue weighted by atomic mass is 10.1. The number of nitrogens with zero attached hydrogens (tertiary/aromatic N) is 3. The molecule has 2 aromatic heterocycles. The molecule has 3 rings (SSSR count). The molecule has 0 atom stereocenters. The highest BCUT2D eigenvalue weighted by Crippen LogP contribution is 2.29. The van der Waals surface area contributed by atoms with Gasteiger partial charge in [0, 0.05) is 17.4 Å². The van der Waals surface area contributed by atoms with Crippen LogP contribution < -0.4 is 11.0 Å². The average Bonchev–Trinajstić information content (AvgIpc) is 2.86. The summed E-state index contributed by atoms with van der Waals surface area (Å²) in [6.45, 7) is 11.5. The maximum absolute atomic E-state index is 12.4. The largest absolute Gasteiger partial charge is 0.353 e. The van der Waals surface area contributed by atoms with Crippen LogP contribution in [0.3, 0.4) is 0 Å². The smallest absolute Gasteiger partial charge is 0.328 e. The Balaban J connectivity index is 2.15. The van der Waals surface area contributed by atoms with Crippen LogP contribution in [0.15, 0.2) is 40.2 Å².